The molecule has 0 spiro atoms. The van der Waals surface area contributed by atoms with Crippen LogP contribution in [-0.2, 0) is 20.8 Å². The minimum Gasteiger partial charge on any atom is -0.356 e. The maximum atomic E-state index is 12.1. The second-order valence-corrected chi connectivity index (χ2v) is 7.60. The predicted molar refractivity (Wildman–Crippen MR) is 115 cm³/mol. The fourth-order valence-electron chi connectivity index (χ4n) is 3.36. The number of amides is 3. The highest BCUT2D eigenvalue weighted by Crippen LogP contribution is 2.26. The Kier molecular flexibility index (Phi) is 9.80. The van der Waals surface area contributed by atoms with Gasteiger partial charge in [0.2, 0.25) is 17.7 Å². The standard InChI is InChI=1S/C22H34N4O3/c1-17-16-21(28)26(22(17)29)19-10-8-18(9-11-19)6-3-7-20(27)25-15-5-14-24-13-4-12-23-2/h8-11,17,23-24H,3-7,12-16H2,1-2H3,(H,25,27). The van der Waals surface area contributed by atoms with Crippen LogP contribution in [-0.4, -0.2) is 50.9 Å². The molecule has 1 aromatic carbocycles. The Labute approximate surface area is 173 Å². The van der Waals surface area contributed by atoms with Crippen LogP contribution in [0.5, 0.6) is 0 Å². The summed E-state index contributed by atoms with van der Waals surface area (Å²) in [6, 6.07) is 7.48. The molecule has 160 valence electrons. The van der Waals surface area contributed by atoms with E-state index in [1.807, 2.05) is 31.3 Å². The molecule has 3 N–H and O–H groups in total. The lowest BCUT2D eigenvalue weighted by Gasteiger charge is -2.14. The maximum absolute atomic E-state index is 12.1. The van der Waals surface area contributed by atoms with Gasteiger partial charge in [-0.2, -0.15) is 0 Å². The van der Waals surface area contributed by atoms with Crippen LogP contribution in [0.4, 0.5) is 5.69 Å². The molecule has 1 unspecified atom stereocenters. The van der Waals surface area contributed by atoms with E-state index < -0.39 is 0 Å². The summed E-state index contributed by atoms with van der Waals surface area (Å²) in [5, 5.41) is 9.42. The average Bonchev–Trinajstić information content (AvgIpc) is 2.96. The molecule has 3 amide bonds. The molecule has 29 heavy (non-hydrogen) atoms. The maximum Gasteiger partial charge on any atom is 0.237 e. The predicted octanol–water partition coefficient (Wildman–Crippen LogP) is 1.61. The summed E-state index contributed by atoms with van der Waals surface area (Å²) in [6.45, 7) is 5.40. The van der Waals surface area contributed by atoms with Crippen LogP contribution < -0.4 is 20.9 Å². The van der Waals surface area contributed by atoms with E-state index in [0.717, 1.165) is 50.9 Å². The smallest absolute Gasteiger partial charge is 0.237 e. The number of benzene rings is 1. The first-order valence-electron chi connectivity index (χ1n) is 10.6. The lowest BCUT2D eigenvalue weighted by atomic mass is 10.1. The monoisotopic (exact) mass is 402 g/mol. The van der Waals surface area contributed by atoms with Gasteiger partial charge in [-0.15, -0.1) is 0 Å². The molecule has 7 heteroatoms. The molecule has 0 aromatic heterocycles. The summed E-state index contributed by atoms with van der Waals surface area (Å²) in [7, 11) is 1.95. The van der Waals surface area contributed by atoms with Crippen LogP contribution >= 0.6 is 0 Å². The molecule has 1 atom stereocenters. The number of hydrogen-bond donors (Lipinski definition) is 3. The summed E-state index contributed by atoms with van der Waals surface area (Å²) >= 11 is 0. The van der Waals surface area contributed by atoms with Crippen LogP contribution in [0.3, 0.4) is 0 Å². The van der Waals surface area contributed by atoms with E-state index in [4.69, 9.17) is 0 Å². The topological polar surface area (TPSA) is 90.5 Å². The molecule has 0 aliphatic carbocycles. The van der Waals surface area contributed by atoms with E-state index in [-0.39, 0.29) is 30.1 Å². The quantitative estimate of drug-likeness (QED) is 0.345. The van der Waals surface area contributed by atoms with Crippen molar-refractivity contribution in [3.05, 3.63) is 29.8 Å². The molecule has 1 heterocycles. The van der Waals surface area contributed by atoms with Gasteiger partial charge in [-0.3, -0.25) is 19.3 Å². The molecule has 7 nitrogen and oxygen atoms in total. The van der Waals surface area contributed by atoms with E-state index in [9.17, 15) is 14.4 Å². The van der Waals surface area contributed by atoms with Gasteiger partial charge in [-0.25, -0.2) is 0 Å². The second kappa shape index (κ2) is 12.3. The van der Waals surface area contributed by atoms with Crippen molar-refractivity contribution in [2.75, 3.05) is 38.1 Å². The van der Waals surface area contributed by atoms with Crippen molar-refractivity contribution >= 4 is 23.4 Å². The number of nitrogens with zero attached hydrogens (tertiary/aromatic N) is 1. The Bertz CT molecular complexity index is 675. The highest BCUT2D eigenvalue weighted by molar-refractivity contribution is 6.20. The van der Waals surface area contributed by atoms with Crippen LogP contribution in [0.15, 0.2) is 24.3 Å². The third-order valence-corrected chi connectivity index (χ3v) is 5.07. The fourth-order valence-corrected chi connectivity index (χ4v) is 3.36. The van der Waals surface area contributed by atoms with Gasteiger partial charge in [0.1, 0.15) is 0 Å². The van der Waals surface area contributed by atoms with Gasteiger partial charge < -0.3 is 16.0 Å². The molecular weight excluding hydrogens is 368 g/mol. The summed E-state index contributed by atoms with van der Waals surface area (Å²) in [6.07, 6.45) is 4.37. The zero-order valence-electron chi connectivity index (χ0n) is 17.6. The first-order valence-corrected chi connectivity index (χ1v) is 10.6. The number of carbonyl (C=O) groups excluding carboxylic acids is 3. The van der Waals surface area contributed by atoms with Gasteiger partial charge in [-0.05, 0) is 70.1 Å². The number of hydrogen-bond acceptors (Lipinski definition) is 5. The number of anilines is 1. The summed E-state index contributed by atoms with van der Waals surface area (Å²) in [4.78, 5) is 37.2. The molecule has 1 aromatic rings. The molecule has 2 rings (SSSR count). The van der Waals surface area contributed by atoms with Crippen molar-refractivity contribution < 1.29 is 14.4 Å². The van der Waals surface area contributed by atoms with Crippen LogP contribution in [0.2, 0.25) is 0 Å². The molecule has 1 aliphatic rings. The number of nitrogens with one attached hydrogen (secondary N) is 3. The summed E-state index contributed by atoms with van der Waals surface area (Å²) in [5.41, 5.74) is 1.73. The highest BCUT2D eigenvalue weighted by atomic mass is 16.2. The number of aryl methyl sites for hydroxylation is 1. The molecule has 0 radical (unpaired) electrons. The van der Waals surface area contributed by atoms with E-state index in [0.29, 0.717) is 18.7 Å². The van der Waals surface area contributed by atoms with Gasteiger partial charge in [-0.1, -0.05) is 19.1 Å². The van der Waals surface area contributed by atoms with Crippen molar-refractivity contribution in [2.24, 2.45) is 5.92 Å². The van der Waals surface area contributed by atoms with Crippen LogP contribution in [0.1, 0.15) is 44.6 Å². The average molecular weight is 403 g/mol. The third kappa shape index (κ3) is 7.59. The van der Waals surface area contributed by atoms with Gasteiger partial charge >= 0.3 is 0 Å². The Hall–Kier alpha value is -2.25. The third-order valence-electron chi connectivity index (χ3n) is 5.07. The molecule has 0 saturated carbocycles. The van der Waals surface area contributed by atoms with Gasteiger partial charge in [0, 0.05) is 25.3 Å². The molecule has 1 saturated heterocycles. The Morgan fingerprint density at radius 1 is 1.03 bits per heavy atom. The largest absolute Gasteiger partial charge is 0.356 e. The SMILES string of the molecule is CNCCCNCCCNC(=O)CCCc1ccc(N2C(=O)CC(C)C2=O)cc1. The van der Waals surface area contributed by atoms with Gasteiger partial charge in [0.05, 0.1) is 5.69 Å². The Balaban J connectivity index is 1.60. The Morgan fingerprint density at radius 3 is 2.34 bits per heavy atom. The van der Waals surface area contributed by atoms with Crippen molar-refractivity contribution in [1.29, 1.82) is 0 Å². The molecule has 1 aliphatic heterocycles. The van der Waals surface area contributed by atoms with Gasteiger partial charge in [0.25, 0.3) is 0 Å². The summed E-state index contributed by atoms with van der Waals surface area (Å²) in [5.74, 6) is -0.429. The van der Waals surface area contributed by atoms with Crippen LogP contribution in [0, 0.1) is 5.92 Å². The minimum atomic E-state index is -0.241. The normalized spacial score (nSPS) is 16.5. The van der Waals surface area contributed by atoms with Crippen molar-refractivity contribution in [3.63, 3.8) is 0 Å². The van der Waals surface area contributed by atoms with Crippen LogP contribution in [0.25, 0.3) is 0 Å². The Morgan fingerprint density at radius 2 is 1.72 bits per heavy atom. The van der Waals surface area contributed by atoms with Gasteiger partial charge in [0.15, 0.2) is 0 Å². The summed E-state index contributed by atoms with van der Waals surface area (Å²) < 4.78 is 0. The zero-order valence-corrected chi connectivity index (χ0v) is 17.6. The number of carbonyl (C=O) groups is 3. The number of rotatable bonds is 13. The minimum absolute atomic E-state index is 0.0825. The molecule has 0 bridgehead atoms. The van der Waals surface area contributed by atoms with Crippen molar-refractivity contribution in [3.8, 4) is 0 Å². The zero-order chi connectivity index (χ0) is 21.1. The van der Waals surface area contributed by atoms with Crippen molar-refractivity contribution in [2.45, 2.75) is 45.4 Å². The highest BCUT2D eigenvalue weighted by Gasteiger charge is 2.36. The first kappa shape index (κ1) is 23.0. The van der Waals surface area contributed by atoms with Crippen molar-refractivity contribution in [1.82, 2.24) is 16.0 Å². The second-order valence-electron chi connectivity index (χ2n) is 7.60. The lowest BCUT2D eigenvalue weighted by molar-refractivity contribution is -0.122. The van der Waals surface area contributed by atoms with E-state index in [2.05, 4.69) is 16.0 Å². The first-order chi connectivity index (χ1) is 14.0. The fraction of sp³-hybridized carbons (Fsp3) is 0.591. The van der Waals surface area contributed by atoms with E-state index in [1.165, 1.54) is 4.90 Å². The van der Waals surface area contributed by atoms with E-state index >= 15 is 0 Å². The molecular formula is C22H34N4O3. The molecule has 1 fully saturated rings. The lowest BCUT2D eigenvalue weighted by Crippen LogP contribution is -2.29. The number of imide groups is 1. The van der Waals surface area contributed by atoms with E-state index in [1.54, 1.807) is 6.92 Å².